The molecule has 1 aliphatic heterocycles. The van der Waals surface area contributed by atoms with Gasteiger partial charge in [0.15, 0.2) is 0 Å². The highest BCUT2D eigenvalue weighted by Crippen LogP contribution is 2.38. The molecular formula is C25H32N2O3. The zero-order chi connectivity index (χ0) is 21.5. The summed E-state index contributed by atoms with van der Waals surface area (Å²) in [7, 11) is 0. The largest absolute Gasteiger partial charge is 0.494 e. The van der Waals surface area contributed by atoms with E-state index in [-0.39, 0.29) is 11.8 Å². The molecule has 1 N–H and O–H groups in total. The fourth-order valence-corrected chi connectivity index (χ4v) is 3.74. The number of aryl methyl sites for hydroxylation is 1. The molecule has 0 saturated heterocycles. The smallest absolute Gasteiger partial charge is 0.254 e. The maximum atomic E-state index is 13.2. The van der Waals surface area contributed by atoms with Crippen molar-refractivity contribution < 1.29 is 14.3 Å². The second-order valence-corrected chi connectivity index (χ2v) is 7.90. The normalized spacial score (nSPS) is 15.2. The summed E-state index contributed by atoms with van der Waals surface area (Å²) in [5.41, 5.74) is 4.00. The molecule has 0 unspecified atom stereocenters. The molecule has 30 heavy (non-hydrogen) atoms. The summed E-state index contributed by atoms with van der Waals surface area (Å²) in [6, 6.07) is 13.5. The Bertz CT molecular complexity index is 876. The number of anilines is 1. The summed E-state index contributed by atoms with van der Waals surface area (Å²) in [6.45, 7) is 6.93. The van der Waals surface area contributed by atoms with Crippen LogP contribution in [0.1, 0.15) is 69.2 Å². The van der Waals surface area contributed by atoms with Crippen LogP contribution in [-0.4, -0.2) is 18.4 Å². The molecule has 5 nitrogen and oxygen atoms in total. The number of unbranched alkanes of at least 4 members (excludes halogenated alkanes) is 2. The van der Waals surface area contributed by atoms with E-state index in [1.54, 1.807) is 4.90 Å². The van der Waals surface area contributed by atoms with Gasteiger partial charge in [0.25, 0.3) is 5.91 Å². The van der Waals surface area contributed by atoms with Crippen molar-refractivity contribution in [3.63, 3.8) is 0 Å². The van der Waals surface area contributed by atoms with Crippen LogP contribution in [0.25, 0.3) is 0 Å². The van der Waals surface area contributed by atoms with Crippen LogP contribution in [0.15, 0.2) is 42.5 Å². The Labute approximate surface area is 179 Å². The Hall–Kier alpha value is -2.82. The molecule has 3 rings (SSSR count). The third-order valence-electron chi connectivity index (χ3n) is 5.40. The van der Waals surface area contributed by atoms with Gasteiger partial charge in [-0.1, -0.05) is 51.0 Å². The van der Waals surface area contributed by atoms with Gasteiger partial charge in [-0.05, 0) is 48.6 Å². The van der Waals surface area contributed by atoms with Gasteiger partial charge in [-0.25, -0.2) is 0 Å². The van der Waals surface area contributed by atoms with Crippen molar-refractivity contribution in [1.82, 2.24) is 5.32 Å². The van der Waals surface area contributed by atoms with Crippen LogP contribution in [0.3, 0.4) is 0 Å². The number of hydrogen-bond donors (Lipinski definition) is 1. The molecule has 0 fully saturated rings. The van der Waals surface area contributed by atoms with Crippen LogP contribution in [0, 0.1) is 0 Å². The van der Waals surface area contributed by atoms with Crippen LogP contribution < -0.4 is 15.0 Å². The summed E-state index contributed by atoms with van der Waals surface area (Å²) in [4.78, 5) is 26.7. The Morgan fingerprint density at radius 3 is 2.40 bits per heavy atom. The topological polar surface area (TPSA) is 58.6 Å². The van der Waals surface area contributed by atoms with Gasteiger partial charge in [0, 0.05) is 18.2 Å². The number of amides is 2. The van der Waals surface area contributed by atoms with Crippen LogP contribution in [0.2, 0.25) is 0 Å². The van der Waals surface area contributed by atoms with Gasteiger partial charge in [-0.15, -0.1) is 0 Å². The van der Waals surface area contributed by atoms with E-state index >= 15 is 0 Å². The minimum Gasteiger partial charge on any atom is -0.494 e. The summed E-state index contributed by atoms with van der Waals surface area (Å²) in [5.74, 6) is 0.557. The zero-order valence-electron chi connectivity index (χ0n) is 18.2. The van der Waals surface area contributed by atoms with Gasteiger partial charge in [0.1, 0.15) is 11.8 Å². The van der Waals surface area contributed by atoms with Crippen molar-refractivity contribution in [1.29, 1.82) is 0 Å². The van der Waals surface area contributed by atoms with E-state index in [4.69, 9.17) is 4.74 Å². The van der Waals surface area contributed by atoms with Crippen molar-refractivity contribution >= 4 is 17.5 Å². The average Bonchev–Trinajstić information content (AvgIpc) is 2.98. The first-order valence-corrected chi connectivity index (χ1v) is 11.0. The number of carbonyl (C=O) groups excluding carboxylic acids is 2. The predicted octanol–water partition coefficient (Wildman–Crippen LogP) is 4.93. The van der Waals surface area contributed by atoms with Gasteiger partial charge in [-0.3, -0.25) is 9.59 Å². The molecule has 0 bridgehead atoms. The number of carbonyl (C=O) groups is 2. The number of hydrogen-bond acceptors (Lipinski definition) is 3. The number of ether oxygens (including phenoxy) is 1. The minimum absolute atomic E-state index is 0.0869. The highest BCUT2D eigenvalue weighted by Gasteiger charge is 2.37. The van der Waals surface area contributed by atoms with E-state index in [0.717, 1.165) is 54.7 Å². The van der Waals surface area contributed by atoms with E-state index in [1.807, 2.05) is 30.3 Å². The van der Waals surface area contributed by atoms with Crippen LogP contribution in [0.4, 0.5) is 5.69 Å². The minimum atomic E-state index is -0.615. The number of rotatable bonds is 10. The molecule has 2 aromatic carbocycles. The number of nitrogens with one attached hydrogen (secondary N) is 1. The summed E-state index contributed by atoms with van der Waals surface area (Å²) < 4.78 is 5.73. The molecule has 0 saturated carbocycles. The highest BCUT2D eigenvalue weighted by atomic mass is 16.5. The number of nitrogens with zero attached hydrogens (tertiary/aromatic N) is 1. The maximum absolute atomic E-state index is 13.2. The first-order valence-electron chi connectivity index (χ1n) is 11.0. The predicted molar refractivity (Wildman–Crippen MR) is 120 cm³/mol. The van der Waals surface area contributed by atoms with Gasteiger partial charge < -0.3 is 15.0 Å². The molecule has 1 heterocycles. The summed E-state index contributed by atoms with van der Waals surface area (Å²) in [5, 5.41) is 2.83. The number of benzene rings is 2. The molecule has 0 radical (unpaired) electrons. The molecule has 1 atom stereocenters. The lowest BCUT2D eigenvalue weighted by Gasteiger charge is -2.18. The monoisotopic (exact) mass is 408 g/mol. The lowest BCUT2D eigenvalue weighted by Crippen LogP contribution is -2.36. The Morgan fingerprint density at radius 2 is 1.73 bits per heavy atom. The first-order chi connectivity index (χ1) is 14.5. The molecule has 1 aliphatic rings. The standard InChI is InChI=1S/C25H32N2O3/c1-4-6-8-19-11-14-23-22(16-19)24(26-18(3)28)25(29)27(23)17-20-9-12-21(13-10-20)30-15-7-5-2/h9-14,16,24H,4-8,15,17H2,1-3H3,(H,26,28)/t24-/m1/s1. The second kappa shape index (κ2) is 10.3. The third kappa shape index (κ3) is 5.21. The molecule has 160 valence electrons. The molecule has 2 amide bonds. The van der Waals surface area contributed by atoms with Gasteiger partial charge in [0.2, 0.25) is 5.91 Å². The molecular weight excluding hydrogens is 376 g/mol. The fourth-order valence-electron chi connectivity index (χ4n) is 3.74. The zero-order valence-corrected chi connectivity index (χ0v) is 18.2. The molecule has 0 spiro atoms. The van der Waals surface area contributed by atoms with Crippen LogP contribution in [-0.2, 0) is 22.6 Å². The quantitative estimate of drug-likeness (QED) is 0.567. The highest BCUT2D eigenvalue weighted by molar-refractivity contribution is 6.06. The van der Waals surface area contributed by atoms with Gasteiger partial charge in [0.05, 0.1) is 13.2 Å². The SMILES string of the molecule is CCCCOc1ccc(CN2C(=O)[C@H](NC(C)=O)c3cc(CCCC)ccc32)cc1. The summed E-state index contributed by atoms with van der Waals surface area (Å²) >= 11 is 0. The molecule has 0 aliphatic carbocycles. The van der Waals surface area contributed by atoms with E-state index < -0.39 is 6.04 Å². The molecule has 2 aromatic rings. The lowest BCUT2D eigenvalue weighted by atomic mass is 10.0. The Kier molecular flexibility index (Phi) is 7.50. The summed E-state index contributed by atoms with van der Waals surface area (Å²) in [6.07, 6.45) is 5.34. The van der Waals surface area contributed by atoms with E-state index in [0.29, 0.717) is 13.2 Å². The van der Waals surface area contributed by atoms with Crippen molar-refractivity contribution in [2.24, 2.45) is 0 Å². The first kappa shape index (κ1) is 21.9. The Morgan fingerprint density at radius 1 is 1.03 bits per heavy atom. The van der Waals surface area contributed by atoms with E-state index in [1.165, 1.54) is 12.5 Å². The lowest BCUT2D eigenvalue weighted by molar-refractivity contribution is -0.126. The second-order valence-electron chi connectivity index (χ2n) is 7.90. The van der Waals surface area contributed by atoms with Crippen LogP contribution >= 0.6 is 0 Å². The fraction of sp³-hybridized carbons (Fsp3) is 0.440. The third-order valence-corrected chi connectivity index (χ3v) is 5.40. The molecule has 5 heteroatoms. The van der Waals surface area contributed by atoms with Crippen LogP contribution in [0.5, 0.6) is 5.75 Å². The van der Waals surface area contributed by atoms with Gasteiger partial charge >= 0.3 is 0 Å². The average molecular weight is 409 g/mol. The van der Waals surface area contributed by atoms with E-state index in [9.17, 15) is 9.59 Å². The van der Waals surface area contributed by atoms with Crippen molar-refractivity contribution in [3.8, 4) is 5.75 Å². The van der Waals surface area contributed by atoms with Gasteiger partial charge in [-0.2, -0.15) is 0 Å². The number of fused-ring (bicyclic) bond motifs is 1. The van der Waals surface area contributed by atoms with Crippen molar-refractivity contribution in [2.45, 2.75) is 65.5 Å². The van der Waals surface area contributed by atoms with Crippen molar-refractivity contribution in [3.05, 3.63) is 59.2 Å². The maximum Gasteiger partial charge on any atom is 0.254 e. The molecule has 0 aromatic heterocycles. The van der Waals surface area contributed by atoms with E-state index in [2.05, 4.69) is 31.3 Å². The van der Waals surface area contributed by atoms with Crippen molar-refractivity contribution in [2.75, 3.05) is 11.5 Å². The Balaban J connectivity index is 1.80.